The average Bonchev–Trinajstić information content (AvgIpc) is 3.05. The Morgan fingerprint density at radius 2 is 1.86 bits per heavy atom. The van der Waals surface area contributed by atoms with Gasteiger partial charge >= 0.3 is 6.18 Å². The molecule has 0 aliphatic carbocycles. The van der Waals surface area contributed by atoms with E-state index in [1.807, 2.05) is 30.3 Å². The van der Waals surface area contributed by atoms with Gasteiger partial charge in [-0.2, -0.15) is 24.9 Å². The van der Waals surface area contributed by atoms with E-state index in [1.165, 1.54) is 17.8 Å². The van der Waals surface area contributed by atoms with Crippen molar-refractivity contribution in [3.63, 3.8) is 0 Å². The molecule has 9 heteroatoms. The van der Waals surface area contributed by atoms with Gasteiger partial charge in [0.15, 0.2) is 0 Å². The lowest BCUT2D eigenvalue weighted by molar-refractivity contribution is -0.387. The Kier molecular flexibility index (Phi) is 5.40. The molecule has 0 fully saturated rings. The number of nitrogens with one attached hydrogen (secondary N) is 1. The molecule has 5 nitrogen and oxygen atoms in total. The van der Waals surface area contributed by atoms with Crippen LogP contribution in [0.5, 0.6) is 0 Å². The van der Waals surface area contributed by atoms with Gasteiger partial charge in [0, 0.05) is 34.2 Å². The standard InChI is InChI=1S/C19H17F3N2O3S/c1-18(25,11-28-10-12-5-3-2-4-6-12)17-8-13-7-16(24(26)27)14(19(20,21)22)9-15(13)23-17/h2-9,23,25H,10-11H2,1H3/t18-/m1/s1. The van der Waals surface area contributed by atoms with E-state index in [2.05, 4.69) is 4.98 Å². The maximum atomic E-state index is 13.1. The van der Waals surface area contributed by atoms with Crippen molar-refractivity contribution in [2.75, 3.05) is 5.75 Å². The van der Waals surface area contributed by atoms with Crippen LogP contribution in [0.3, 0.4) is 0 Å². The van der Waals surface area contributed by atoms with Crippen molar-refractivity contribution in [2.24, 2.45) is 0 Å². The number of benzene rings is 2. The number of H-pyrrole nitrogens is 1. The number of nitro groups is 1. The van der Waals surface area contributed by atoms with Crippen LogP contribution < -0.4 is 0 Å². The fraction of sp³-hybridized carbons (Fsp3) is 0.263. The van der Waals surface area contributed by atoms with Gasteiger partial charge < -0.3 is 10.1 Å². The second-order valence-electron chi connectivity index (χ2n) is 6.65. The van der Waals surface area contributed by atoms with E-state index in [0.717, 1.165) is 11.6 Å². The topological polar surface area (TPSA) is 79.2 Å². The molecule has 0 unspecified atom stereocenters. The predicted molar refractivity (Wildman–Crippen MR) is 102 cm³/mol. The Morgan fingerprint density at radius 1 is 1.18 bits per heavy atom. The maximum Gasteiger partial charge on any atom is 0.423 e. The molecule has 2 N–H and O–H groups in total. The average molecular weight is 410 g/mol. The van der Waals surface area contributed by atoms with Crippen LogP contribution in [0.15, 0.2) is 48.5 Å². The van der Waals surface area contributed by atoms with E-state index in [1.54, 1.807) is 6.92 Å². The molecule has 0 radical (unpaired) electrons. The van der Waals surface area contributed by atoms with Crippen LogP contribution in [-0.4, -0.2) is 20.8 Å². The molecule has 28 heavy (non-hydrogen) atoms. The molecule has 148 valence electrons. The van der Waals surface area contributed by atoms with E-state index in [9.17, 15) is 28.4 Å². The number of hydrogen-bond acceptors (Lipinski definition) is 4. The number of hydrogen-bond donors (Lipinski definition) is 2. The smallest absolute Gasteiger partial charge is 0.383 e. The Morgan fingerprint density at radius 3 is 2.46 bits per heavy atom. The molecule has 0 bridgehead atoms. The van der Waals surface area contributed by atoms with Crippen LogP contribution >= 0.6 is 11.8 Å². The Hall–Kier alpha value is -2.52. The lowest BCUT2D eigenvalue weighted by Crippen LogP contribution is -2.24. The fourth-order valence-corrected chi connectivity index (χ4v) is 3.94. The van der Waals surface area contributed by atoms with Gasteiger partial charge in [-0.15, -0.1) is 0 Å². The van der Waals surface area contributed by atoms with Gasteiger partial charge in [0.1, 0.15) is 11.2 Å². The van der Waals surface area contributed by atoms with E-state index in [4.69, 9.17) is 0 Å². The van der Waals surface area contributed by atoms with Gasteiger partial charge in [-0.05, 0) is 24.6 Å². The third kappa shape index (κ3) is 4.31. The lowest BCUT2D eigenvalue weighted by Gasteiger charge is -2.21. The molecule has 1 aromatic heterocycles. The normalized spacial score (nSPS) is 14.2. The van der Waals surface area contributed by atoms with Crippen LogP contribution in [0.1, 0.15) is 23.7 Å². The number of aromatic nitrogens is 1. The summed E-state index contributed by atoms with van der Waals surface area (Å²) in [4.78, 5) is 12.8. The maximum absolute atomic E-state index is 13.1. The first-order valence-electron chi connectivity index (χ1n) is 8.31. The van der Waals surface area contributed by atoms with Gasteiger partial charge in [-0.25, -0.2) is 0 Å². The van der Waals surface area contributed by atoms with Gasteiger partial charge in [-0.3, -0.25) is 10.1 Å². The highest BCUT2D eigenvalue weighted by molar-refractivity contribution is 7.98. The number of rotatable bonds is 6. The Bertz CT molecular complexity index is 1000. The first kappa shape index (κ1) is 20.2. The number of aromatic amines is 1. The summed E-state index contributed by atoms with van der Waals surface area (Å²) < 4.78 is 39.4. The minimum Gasteiger partial charge on any atom is -0.383 e. The second-order valence-corrected chi connectivity index (χ2v) is 7.63. The number of halogens is 3. The number of thioether (sulfide) groups is 1. The summed E-state index contributed by atoms with van der Waals surface area (Å²) in [5.74, 6) is 0.962. The van der Waals surface area contributed by atoms with Crippen LogP contribution in [0, 0.1) is 10.1 Å². The predicted octanol–water partition coefficient (Wildman–Crippen LogP) is 5.24. The lowest BCUT2D eigenvalue weighted by atomic mass is 10.1. The van der Waals surface area contributed by atoms with Crippen molar-refractivity contribution >= 4 is 28.4 Å². The SMILES string of the molecule is C[C@@](O)(CSCc1ccccc1)c1cc2cc([N+](=O)[O-])c(C(F)(F)F)cc2[nH]1. The van der Waals surface area contributed by atoms with Crippen molar-refractivity contribution < 1.29 is 23.2 Å². The number of fused-ring (bicyclic) bond motifs is 1. The zero-order valence-corrected chi connectivity index (χ0v) is 15.6. The molecule has 0 spiro atoms. The third-order valence-electron chi connectivity index (χ3n) is 4.31. The number of aliphatic hydroxyl groups is 1. The van der Waals surface area contributed by atoms with E-state index in [0.29, 0.717) is 23.3 Å². The van der Waals surface area contributed by atoms with Gasteiger partial charge in [-0.1, -0.05) is 30.3 Å². The summed E-state index contributed by atoms with van der Waals surface area (Å²) in [7, 11) is 0. The van der Waals surface area contributed by atoms with Crippen molar-refractivity contribution in [1.29, 1.82) is 0 Å². The largest absolute Gasteiger partial charge is 0.423 e. The molecule has 0 saturated carbocycles. The minimum absolute atomic E-state index is 0.0845. The highest BCUT2D eigenvalue weighted by Crippen LogP contribution is 2.39. The number of nitro benzene ring substituents is 1. The molecule has 3 aromatic rings. The van der Waals surface area contributed by atoms with Crippen molar-refractivity contribution in [3.05, 3.63) is 75.5 Å². The first-order valence-corrected chi connectivity index (χ1v) is 9.46. The first-order chi connectivity index (χ1) is 13.1. The zero-order chi connectivity index (χ0) is 20.5. The second kappa shape index (κ2) is 7.48. The van der Waals surface area contributed by atoms with Crippen LogP contribution in [0.2, 0.25) is 0 Å². The molecule has 0 aliphatic heterocycles. The molecular formula is C19H17F3N2O3S. The molecule has 0 aliphatic rings. The third-order valence-corrected chi connectivity index (χ3v) is 5.62. The number of alkyl halides is 3. The monoisotopic (exact) mass is 410 g/mol. The Balaban J connectivity index is 1.87. The summed E-state index contributed by atoms with van der Waals surface area (Å²) >= 11 is 1.48. The molecule has 3 rings (SSSR count). The van der Waals surface area contributed by atoms with Crippen molar-refractivity contribution in [2.45, 2.75) is 24.5 Å². The quantitative estimate of drug-likeness (QED) is 0.430. The summed E-state index contributed by atoms with van der Waals surface area (Å²) in [6.45, 7) is 1.55. The number of nitrogens with zero attached hydrogens (tertiary/aromatic N) is 1. The molecule has 0 saturated heterocycles. The van der Waals surface area contributed by atoms with E-state index in [-0.39, 0.29) is 10.9 Å². The summed E-state index contributed by atoms with van der Waals surface area (Å²) in [5.41, 5.74) is -2.20. The highest BCUT2D eigenvalue weighted by atomic mass is 32.2. The van der Waals surface area contributed by atoms with Crippen LogP contribution in [-0.2, 0) is 17.5 Å². The minimum atomic E-state index is -4.85. The van der Waals surface area contributed by atoms with E-state index >= 15 is 0 Å². The zero-order valence-electron chi connectivity index (χ0n) is 14.8. The molecule has 1 heterocycles. The summed E-state index contributed by atoms with van der Waals surface area (Å²) in [6, 6.07) is 12.7. The van der Waals surface area contributed by atoms with Crippen LogP contribution in [0.25, 0.3) is 10.9 Å². The van der Waals surface area contributed by atoms with E-state index < -0.39 is 28.0 Å². The van der Waals surface area contributed by atoms with Crippen LogP contribution in [0.4, 0.5) is 18.9 Å². The summed E-state index contributed by atoms with van der Waals surface area (Å²) in [6.07, 6.45) is -4.85. The summed E-state index contributed by atoms with van der Waals surface area (Å²) in [5, 5.41) is 22.0. The molecule has 2 aromatic carbocycles. The van der Waals surface area contributed by atoms with Gasteiger partial charge in [0.25, 0.3) is 5.69 Å². The van der Waals surface area contributed by atoms with Gasteiger partial charge in [0.05, 0.1) is 4.92 Å². The van der Waals surface area contributed by atoms with Gasteiger partial charge in [0.2, 0.25) is 0 Å². The molecular weight excluding hydrogens is 393 g/mol. The Labute approximate surface area is 162 Å². The molecule has 0 amide bonds. The van der Waals surface area contributed by atoms with Crippen molar-refractivity contribution in [3.8, 4) is 0 Å². The molecule has 1 atom stereocenters. The highest BCUT2D eigenvalue weighted by Gasteiger charge is 2.39. The van der Waals surface area contributed by atoms with Crippen molar-refractivity contribution in [1.82, 2.24) is 4.98 Å². The fourth-order valence-electron chi connectivity index (χ4n) is 2.86.